The number of rotatable bonds is 1. The molecular weight excluding hydrogens is 158 g/mol. The summed E-state index contributed by atoms with van der Waals surface area (Å²) in [6, 6.07) is 0. The van der Waals surface area contributed by atoms with Gasteiger partial charge in [-0.1, -0.05) is 13.8 Å². The molecule has 1 rings (SSSR count). The van der Waals surface area contributed by atoms with Gasteiger partial charge in [-0.05, 0) is 12.8 Å². The highest BCUT2D eigenvalue weighted by molar-refractivity contribution is 5.15. The average molecular weight is 169 g/mol. The second-order valence-corrected chi connectivity index (χ2v) is 2.97. The Balaban J connectivity index is 3.49. The smallest absolute Gasteiger partial charge is 0.414 e. The normalized spacial score (nSPS) is 10.7. The van der Waals surface area contributed by atoms with Crippen LogP contribution in [0.3, 0.4) is 0 Å². The zero-order valence-electron chi connectivity index (χ0n) is 7.30. The molecule has 0 bridgehead atoms. The van der Waals surface area contributed by atoms with E-state index in [9.17, 15) is 9.59 Å². The largest absolute Gasteiger partial charge is 0.419 e. The third kappa shape index (κ3) is 1.47. The Morgan fingerprint density at radius 3 is 2.33 bits per heavy atom. The lowest BCUT2D eigenvalue weighted by molar-refractivity contribution is 0.439. The van der Waals surface area contributed by atoms with Crippen LogP contribution in [0.5, 0.6) is 0 Å². The fraction of sp³-hybridized carbons (Fsp3) is 0.500. The molecule has 4 heteroatoms. The minimum absolute atomic E-state index is 0.0677. The van der Waals surface area contributed by atoms with Gasteiger partial charge in [0.2, 0.25) is 0 Å². The predicted molar refractivity (Wildman–Crippen MR) is 44.4 cm³/mol. The Hall–Kier alpha value is -1.32. The summed E-state index contributed by atoms with van der Waals surface area (Å²) < 4.78 is 4.74. The second-order valence-electron chi connectivity index (χ2n) is 2.97. The maximum Gasteiger partial charge on any atom is 0.419 e. The molecule has 0 aliphatic carbocycles. The summed E-state index contributed by atoms with van der Waals surface area (Å²) in [5, 5.41) is 0. The van der Waals surface area contributed by atoms with Crippen molar-refractivity contribution in [1.29, 1.82) is 0 Å². The molecule has 0 aliphatic rings. The van der Waals surface area contributed by atoms with Gasteiger partial charge < -0.3 is 4.42 Å². The zero-order valence-corrected chi connectivity index (χ0v) is 7.30. The number of hydrogen-bond acceptors (Lipinski definition) is 3. The first-order valence-electron chi connectivity index (χ1n) is 3.76. The van der Waals surface area contributed by atoms with Crippen molar-refractivity contribution in [2.24, 2.45) is 0 Å². The number of aromatic nitrogens is 1. The Bertz CT molecular complexity index is 386. The van der Waals surface area contributed by atoms with E-state index in [-0.39, 0.29) is 11.5 Å². The molecular formula is C8H11NO3. The Labute approximate surface area is 69.2 Å². The lowest BCUT2D eigenvalue weighted by Crippen LogP contribution is -2.24. The summed E-state index contributed by atoms with van der Waals surface area (Å²) in [6.45, 7) is 5.36. The van der Waals surface area contributed by atoms with Crippen molar-refractivity contribution in [3.05, 3.63) is 32.2 Å². The van der Waals surface area contributed by atoms with Crippen LogP contribution in [0.1, 0.15) is 31.1 Å². The first-order chi connectivity index (χ1) is 5.52. The third-order valence-corrected chi connectivity index (χ3v) is 1.66. The van der Waals surface area contributed by atoms with E-state index in [1.165, 1.54) is 0 Å². The predicted octanol–water partition coefficient (Wildman–Crippen LogP) is 0.760. The van der Waals surface area contributed by atoms with E-state index in [0.29, 0.717) is 11.3 Å². The summed E-state index contributed by atoms with van der Waals surface area (Å²) in [6.07, 6.45) is 0. The molecule has 66 valence electrons. The molecule has 1 aromatic heterocycles. The summed E-state index contributed by atoms with van der Waals surface area (Å²) in [7, 11) is 0. The van der Waals surface area contributed by atoms with Crippen LogP contribution in [-0.2, 0) is 0 Å². The SMILES string of the molecule is Cc1oc(=O)[nH]c(=O)c1C(C)C. The minimum atomic E-state index is -0.693. The zero-order chi connectivity index (χ0) is 9.30. The van der Waals surface area contributed by atoms with E-state index < -0.39 is 5.76 Å². The average Bonchev–Trinajstić information content (AvgIpc) is 1.82. The molecule has 0 saturated heterocycles. The van der Waals surface area contributed by atoms with E-state index in [4.69, 9.17) is 4.42 Å². The van der Waals surface area contributed by atoms with Crippen LogP contribution in [0.25, 0.3) is 0 Å². The maximum absolute atomic E-state index is 11.2. The highest BCUT2D eigenvalue weighted by atomic mass is 16.4. The Kier molecular flexibility index (Phi) is 2.17. The molecule has 0 aromatic carbocycles. The maximum atomic E-state index is 11.2. The van der Waals surface area contributed by atoms with E-state index in [2.05, 4.69) is 4.98 Å². The van der Waals surface area contributed by atoms with Crippen LogP contribution in [0.15, 0.2) is 14.0 Å². The quantitative estimate of drug-likeness (QED) is 0.675. The summed E-state index contributed by atoms with van der Waals surface area (Å²) >= 11 is 0. The van der Waals surface area contributed by atoms with Crippen molar-refractivity contribution in [1.82, 2.24) is 4.98 Å². The summed E-state index contributed by atoms with van der Waals surface area (Å²) in [4.78, 5) is 23.9. The van der Waals surface area contributed by atoms with Gasteiger partial charge in [0, 0.05) is 0 Å². The van der Waals surface area contributed by atoms with Crippen molar-refractivity contribution in [2.75, 3.05) is 0 Å². The lowest BCUT2D eigenvalue weighted by Gasteiger charge is -2.04. The monoisotopic (exact) mass is 169 g/mol. The highest BCUT2D eigenvalue weighted by Crippen LogP contribution is 2.11. The second kappa shape index (κ2) is 2.97. The molecule has 1 N–H and O–H groups in total. The van der Waals surface area contributed by atoms with Gasteiger partial charge >= 0.3 is 5.76 Å². The fourth-order valence-electron chi connectivity index (χ4n) is 1.21. The first-order valence-corrected chi connectivity index (χ1v) is 3.76. The van der Waals surface area contributed by atoms with Gasteiger partial charge in [-0.15, -0.1) is 0 Å². The van der Waals surface area contributed by atoms with Crippen LogP contribution in [-0.4, -0.2) is 4.98 Å². The fourth-order valence-corrected chi connectivity index (χ4v) is 1.21. The molecule has 0 spiro atoms. The Morgan fingerprint density at radius 1 is 1.33 bits per heavy atom. The van der Waals surface area contributed by atoms with E-state index in [0.717, 1.165) is 0 Å². The molecule has 0 fully saturated rings. The highest BCUT2D eigenvalue weighted by Gasteiger charge is 2.10. The van der Waals surface area contributed by atoms with E-state index >= 15 is 0 Å². The molecule has 0 amide bonds. The van der Waals surface area contributed by atoms with Crippen molar-refractivity contribution in [2.45, 2.75) is 26.7 Å². The molecule has 1 heterocycles. The molecule has 0 aliphatic heterocycles. The molecule has 0 radical (unpaired) electrons. The molecule has 0 saturated carbocycles. The van der Waals surface area contributed by atoms with Crippen molar-refractivity contribution < 1.29 is 4.42 Å². The van der Waals surface area contributed by atoms with Gasteiger partial charge in [-0.3, -0.25) is 9.78 Å². The van der Waals surface area contributed by atoms with Crippen molar-refractivity contribution in [3.63, 3.8) is 0 Å². The van der Waals surface area contributed by atoms with Crippen molar-refractivity contribution >= 4 is 0 Å². The molecule has 0 atom stereocenters. The number of H-pyrrole nitrogens is 1. The molecule has 0 unspecified atom stereocenters. The van der Waals surface area contributed by atoms with Gasteiger partial charge in [-0.2, -0.15) is 0 Å². The number of aromatic amines is 1. The van der Waals surface area contributed by atoms with Gasteiger partial charge in [0.25, 0.3) is 5.56 Å². The topological polar surface area (TPSA) is 63.1 Å². The van der Waals surface area contributed by atoms with Gasteiger partial charge in [0.1, 0.15) is 5.76 Å². The molecule has 1 aromatic rings. The number of hydrogen-bond donors (Lipinski definition) is 1. The van der Waals surface area contributed by atoms with Crippen LogP contribution in [0.2, 0.25) is 0 Å². The van der Waals surface area contributed by atoms with Crippen molar-refractivity contribution in [3.8, 4) is 0 Å². The lowest BCUT2D eigenvalue weighted by atomic mass is 10.1. The summed E-state index contributed by atoms with van der Waals surface area (Å²) in [5.41, 5.74) is 0.188. The number of nitrogens with one attached hydrogen (secondary N) is 1. The van der Waals surface area contributed by atoms with Crippen LogP contribution in [0.4, 0.5) is 0 Å². The third-order valence-electron chi connectivity index (χ3n) is 1.66. The van der Waals surface area contributed by atoms with Crippen LogP contribution >= 0.6 is 0 Å². The first kappa shape index (κ1) is 8.77. The van der Waals surface area contributed by atoms with E-state index in [1.54, 1.807) is 6.92 Å². The van der Waals surface area contributed by atoms with Gasteiger partial charge in [0.15, 0.2) is 0 Å². The van der Waals surface area contributed by atoms with Crippen LogP contribution in [0, 0.1) is 6.92 Å². The van der Waals surface area contributed by atoms with Gasteiger partial charge in [0.05, 0.1) is 5.56 Å². The Morgan fingerprint density at radius 2 is 1.92 bits per heavy atom. The molecule has 12 heavy (non-hydrogen) atoms. The minimum Gasteiger partial charge on any atom is -0.414 e. The van der Waals surface area contributed by atoms with Crippen LogP contribution < -0.4 is 11.3 Å². The molecule has 4 nitrogen and oxygen atoms in total. The standard InChI is InChI=1S/C8H11NO3/c1-4(2)6-5(3)12-8(11)9-7(6)10/h4H,1-3H3,(H,9,10,11). The summed E-state index contributed by atoms with van der Waals surface area (Å²) in [5.74, 6) is -0.223. The van der Waals surface area contributed by atoms with Gasteiger partial charge in [-0.25, -0.2) is 4.79 Å². The van der Waals surface area contributed by atoms with E-state index in [1.807, 2.05) is 13.8 Å². The number of aryl methyl sites for hydroxylation is 1.